The van der Waals surface area contributed by atoms with E-state index >= 15 is 0 Å². The molecule has 22 heavy (non-hydrogen) atoms. The predicted molar refractivity (Wildman–Crippen MR) is 91.1 cm³/mol. The molecule has 0 atom stereocenters. The van der Waals surface area contributed by atoms with Crippen LogP contribution >= 0.6 is 0 Å². The molecule has 2 aromatic rings. The summed E-state index contributed by atoms with van der Waals surface area (Å²) in [7, 11) is 0. The van der Waals surface area contributed by atoms with Crippen LogP contribution in [-0.2, 0) is 0 Å². The second-order valence-corrected chi connectivity index (χ2v) is 5.54. The van der Waals surface area contributed by atoms with Crippen molar-refractivity contribution in [2.75, 3.05) is 5.73 Å². The van der Waals surface area contributed by atoms with Crippen LogP contribution in [0.15, 0.2) is 53.6 Å². The van der Waals surface area contributed by atoms with Gasteiger partial charge in [-0.2, -0.15) is 5.10 Å². The van der Waals surface area contributed by atoms with Gasteiger partial charge in [0.05, 0.1) is 5.71 Å². The molecule has 3 N–H and O–H groups in total. The number of carbonyl (C=O) groups is 1. The van der Waals surface area contributed by atoms with Crippen molar-refractivity contribution in [2.45, 2.75) is 26.7 Å². The minimum Gasteiger partial charge on any atom is -0.399 e. The molecule has 2 rings (SSSR count). The average molecular weight is 295 g/mol. The van der Waals surface area contributed by atoms with Gasteiger partial charge < -0.3 is 5.73 Å². The van der Waals surface area contributed by atoms with Crippen LogP contribution in [0.4, 0.5) is 5.69 Å². The largest absolute Gasteiger partial charge is 0.399 e. The van der Waals surface area contributed by atoms with Crippen molar-refractivity contribution in [1.29, 1.82) is 0 Å². The van der Waals surface area contributed by atoms with E-state index in [0.717, 1.165) is 11.3 Å². The quantitative estimate of drug-likeness (QED) is 0.514. The Hall–Kier alpha value is -2.62. The van der Waals surface area contributed by atoms with Crippen molar-refractivity contribution in [2.24, 2.45) is 5.10 Å². The number of hydrazone groups is 1. The summed E-state index contributed by atoms with van der Waals surface area (Å²) in [5.41, 5.74) is 12.3. The van der Waals surface area contributed by atoms with Crippen LogP contribution in [-0.4, -0.2) is 11.6 Å². The molecule has 0 aromatic heterocycles. The van der Waals surface area contributed by atoms with Crippen LogP contribution in [0.2, 0.25) is 0 Å². The third kappa shape index (κ3) is 3.95. The van der Waals surface area contributed by atoms with Gasteiger partial charge in [0, 0.05) is 11.3 Å². The molecule has 0 bridgehead atoms. The van der Waals surface area contributed by atoms with Gasteiger partial charge in [0.2, 0.25) is 0 Å². The third-order valence-corrected chi connectivity index (χ3v) is 3.49. The second kappa shape index (κ2) is 6.89. The summed E-state index contributed by atoms with van der Waals surface area (Å²) < 4.78 is 0. The third-order valence-electron chi connectivity index (χ3n) is 3.49. The summed E-state index contributed by atoms with van der Waals surface area (Å²) in [6.45, 7) is 6.18. The Morgan fingerprint density at radius 3 is 2.09 bits per heavy atom. The van der Waals surface area contributed by atoms with Crippen molar-refractivity contribution < 1.29 is 4.79 Å². The van der Waals surface area contributed by atoms with E-state index in [2.05, 4.69) is 36.5 Å². The minimum absolute atomic E-state index is 0.252. The SMILES string of the molecule is C/C(=N/NC(=O)c1ccc(N)cc1)c1ccc(C(C)C)cc1. The maximum absolute atomic E-state index is 12.0. The number of hydrogen-bond donors (Lipinski definition) is 2. The summed E-state index contributed by atoms with van der Waals surface area (Å²) in [5.74, 6) is 0.245. The molecule has 2 aromatic carbocycles. The maximum Gasteiger partial charge on any atom is 0.271 e. The predicted octanol–water partition coefficient (Wildman–Crippen LogP) is 3.55. The van der Waals surface area contributed by atoms with E-state index in [1.54, 1.807) is 24.3 Å². The molecule has 0 saturated heterocycles. The van der Waals surface area contributed by atoms with E-state index in [9.17, 15) is 4.79 Å². The second-order valence-electron chi connectivity index (χ2n) is 5.54. The highest BCUT2D eigenvalue weighted by atomic mass is 16.2. The van der Waals surface area contributed by atoms with E-state index in [1.807, 2.05) is 19.1 Å². The number of nitrogens with zero attached hydrogens (tertiary/aromatic N) is 1. The molecule has 0 saturated carbocycles. The fraction of sp³-hybridized carbons (Fsp3) is 0.222. The van der Waals surface area contributed by atoms with Gasteiger partial charge in [-0.3, -0.25) is 4.79 Å². The molecule has 0 unspecified atom stereocenters. The first kappa shape index (κ1) is 15.8. The first-order chi connectivity index (χ1) is 10.5. The van der Waals surface area contributed by atoms with Crippen molar-refractivity contribution >= 4 is 17.3 Å². The van der Waals surface area contributed by atoms with Crippen LogP contribution < -0.4 is 11.2 Å². The van der Waals surface area contributed by atoms with Crippen LogP contribution in [0.25, 0.3) is 0 Å². The summed E-state index contributed by atoms with van der Waals surface area (Å²) in [6, 6.07) is 14.9. The first-order valence-electron chi connectivity index (χ1n) is 7.28. The zero-order chi connectivity index (χ0) is 16.1. The lowest BCUT2D eigenvalue weighted by atomic mass is 10.0. The highest BCUT2D eigenvalue weighted by Gasteiger charge is 2.05. The Morgan fingerprint density at radius 2 is 1.55 bits per heavy atom. The minimum atomic E-state index is -0.252. The van der Waals surface area contributed by atoms with Crippen molar-refractivity contribution in [3.8, 4) is 0 Å². The molecule has 4 nitrogen and oxygen atoms in total. The summed E-state index contributed by atoms with van der Waals surface area (Å²) in [6.07, 6.45) is 0. The van der Waals surface area contributed by atoms with Gasteiger partial charge in [-0.1, -0.05) is 38.1 Å². The molecule has 0 spiro atoms. The van der Waals surface area contributed by atoms with Crippen LogP contribution in [0.5, 0.6) is 0 Å². The van der Waals surface area contributed by atoms with Crippen molar-refractivity contribution in [3.05, 3.63) is 65.2 Å². The number of hydrogen-bond acceptors (Lipinski definition) is 3. The molecule has 0 heterocycles. The topological polar surface area (TPSA) is 67.5 Å². The van der Waals surface area contributed by atoms with Gasteiger partial charge in [0.1, 0.15) is 0 Å². The van der Waals surface area contributed by atoms with E-state index in [4.69, 9.17) is 5.73 Å². The van der Waals surface area contributed by atoms with Crippen LogP contribution in [0.1, 0.15) is 48.2 Å². The zero-order valence-electron chi connectivity index (χ0n) is 13.1. The highest BCUT2D eigenvalue weighted by molar-refractivity contribution is 6.00. The highest BCUT2D eigenvalue weighted by Crippen LogP contribution is 2.15. The lowest BCUT2D eigenvalue weighted by Crippen LogP contribution is -2.19. The number of nitrogens with two attached hydrogens (primary N) is 1. The molecule has 114 valence electrons. The Morgan fingerprint density at radius 1 is 1.00 bits per heavy atom. The number of carbonyl (C=O) groups excluding carboxylic acids is 1. The zero-order valence-corrected chi connectivity index (χ0v) is 13.1. The Bertz CT molecular complexity index is 670. The molecule has 0 radical (unpaired) electrons. The van der Waals surface area contributed by atoms with Crippen LogP contribution in [0, 0.1) is 0 Å². The number of nitrogen functional groups attached to an aromatic ring is 1. The standard InChI is InChI=1S/C18H21N3O/c1-12(2)14-4-6-15(7-5-14)13(3)20-21-18(22)16-8-10-17(19)11-9-16/h4-12H,19H2,1-3H3,(H,21,22)/b20-13-. The van der Waals surface area contributed by atoms with Crippen molar-refractivity contribution in [1.82, 2.24) is 5.43 Å². The average Bonchev–Trinajstić information content (AvgIpc) is 2.53. The molecular formula is C18H21N3O. The number of benzene rings is 2. The number of rotatable bonds is 4. The normalized spacial score (nSPS) is 11.5. The van der Waals surface area contributed by atoms with Gasteiger partial charge >= 0.3 is 0 Å². The monoisotopic (exact) mass is 295 g/mol. The fourth-order valence-corrected chi connectivity index (χ4v) is 2.01. The van der Waals surface area contributed by atoms with E-state index in [0.29, 0.717) is 17.2 Å². The Labute approximate surface area is 131 Å². The van der Waals surface area contributed by atoms with E-state index in [-0.39, 0.29) is 5.91 Å². The number of anilines is 1. The van der Waals surface area contributed by atoms with Gasteiger partial charge in [0.25, 0.3) is 5.91 Å². The fourth-order valence-electron chi connectivity index (χ4n) is 2.01. The molecule has 0 aliphatic heterocycles. The van der Waals surface area contributed by atoms with E-state index < -0.39 is 0 Å². The van der Waals surface area contributed by atoms with E-state index in [1.165, 1.54) is 5.56 Å². The van der Waals surface area contributed by atoms with Gasteiger partial charge in [-0.25, -0.2) is 5.43 Å². The number of amides is 1. The first-order valence-corrected chi connectivity index (χ1v) is 7.28. The molecule has 0 aliphatic rings. The smallest absolute Gasteiger partial charge is 0.271 e. The lowest BCUT2D eigenvalue weighted by Gasteiger charge is -2.07. The molecule has 4 heteroatoms. The van der Waals surface area contributed by atoms with Crippen molar-refractivity contribution in [3.63, 3.8) is 0 Å². The molecule has 0 aliphatic carbocycles. The summed E-state index contributed by atoms with van der Waals surface area (Å²) in [4.78, 5) is 12.0. The molecule has 0 fully saturated rings. The summed E-state index contributed by atoms with van der Waals surface area (Å²) >= 11 is 0. The lowest BCUT2D eigenvalue weighted by molar-refractivity contribution is 0.0955. The molecular weight excluding hydrogens is 274 g/mol. The van der Waals surface area contributed by atoms with Gasteiger partial charge in [0.15, 0.2) is 0 Å². The summed E-state index contributed by atoms with van der Waals surface area (Å²) in [5, 5.41) is 4.15. The van der Waals surface area contributed by atoms with Gasteiger partial charge in [-0.15, -0.1) is 0 Å². The van der Waals surface area contributed by atoms with Crippen LogP contribution in [0.3, 0.4) is 0 Å². The molecule has 1 amide bonds. The Balaban J connectivity index is 2.05. The Kier molecular flexibility index (Phi) is 4.94. The maximum atomic E-state index is 12.0. The van der Waals surface area contributed by atoms with Gasteiger partial charge in [-0.05, 0) is 48.2 Å². The number of nitrogens with one attached hydrogen (secondary N) is 1.